The van der Waals surface area contributed by atoms with Crippen molar-refractivity contribution in [1.29, 1.82) is 0 Å². The van der Waals surface area contributed by atoms with E-state index >= 15 is 0 Å². The highest BCUT2D eigenvalue weighted by molar-refractivity contribution is 5.80. The first-order valence-corrected chi connectivity index (χ1v) is 8.25. The minimum atomic E-state index is -0.447. The van der Waals surface area contributed by atoms with Crippen LogP contribution in [0.1, 0.15) is 24.2 Å². The largest absolute Gasteiger partial charge is 0.367 e. The number of ether oxygens (including phenoxy) is 1. The van der Waals surface area contributed by atoms with E-state index in [-0.39, 0.29) is 30.2 Å². The summed E-state index contributed by atoms with van der Waals surface area (Å²) in [6.07, 6.45) is -0.251. The average Bonchev–Trinajstić information content (AvgIpc) is 2.62. The molecule has 0 bridgehead atoms. The molecule has 2 atom stereocenters. The molecule has 1 aliphatic heterocycles. The zero-order valence-electron chi connectivity index (χ0n) is 14.0. The van der Waals surface area contributed by atoms with Gasteiger partial charge in [-0.05, 0) is 12.5 Å². The number of nitro benzene ring substituents is 1. The third-order valence-electron chi connectivity index (χ3n) is 4.31. The molecule has 25 heavy (non-hydrogen) atoms. The van der Waals surface area contributed by atoms with Crippen LogP contribution in [0.25, 0.3) is 0 Å². The number of carbonyl (C=O) groups is 1. The summed E-state index contributed by atoms with van der Waals surface area (Å²) in [5, 5.41) is 11.1. The van der Waals surface area contributed by atoms with Gasteiger partial charge in [-0.2, -0.15) is 0 Å². The minimum Gasteiger partial charge on any atom is -0.367 e. The molecule has 0 aliphatic carbocycles. The number of para-hydroxylation sites is 1. The molecule has 1 fully saturated rings. The number of benzene rings is 2. The number of rotatable bonds is 4. The predicted octanol–water partition coefficient (Wildman–Crippen LogP) is 3.13. The van der Waals surface area contributed by atoms with Gasteiger partial charge in [0.1, 0.15) is 6.10 Å². The van der Waals surface area contributed by atoms with E-state index in [9.17, 15) is 14.9 Å². The van der Waals surface area contributed by atoms with Crippen LogP contribution >= 0.6 is 0 Å². The molecule has 1 amide bonds. The Morgan fingerprint density at radius 1 is 1.16 bits per heavy atom. The normalized spacial score (nSPS) is 20.3. The van der Waals surface area contributed by atoms with Gasteiger partial charge in [-0.1, -0.05) is 48.5 Å². The van der Waals surface area contributed by atoms with E-state index in [2.05, 4.69) is 0 Å². The van der Waals surface area contributed by atoms with Crippen LogP contribution in [0, 0.1) is 10.1 Å². The first-order valence-electron chi connectivity index (χ1n) is 8.25. The monoisotopic (exact) mass is 340 g/mol. The summed E-state index contributed by atoms with van der Waals surface area (Å²) in [4.78, 5) is 25.1. The number of carbonyl (C=O) groups excluding carboxylic acids is 1. The molecular formula is C19H20N2O4. The van der Waals surface area contributed by atoms with Gasteiger partial charge in [0, 0.05) is 18.2 Å². The fourth-order valence-corrected chi connectivity index (χ4v) is 3.12. The quantitative estimate of drug-likeness (QED) is 0.633. The van der Waals surface area contributed by atoms with Crippen molar-refractivity contribution in [1.82, 2.24) is 4.90 Å². The Hall–Kier alpha value is -2.73. The number of hydrogen-bond acceptors (Lipinski definition) is 4. The van der Waals surface area contributed by atoms with E-state index in [0.29, 0.717) is 18.7 Å². The lowest BCUT2D eigenvalue weighted by Crippen LogP contribution is -2.46. The van der Waals surface area contributed by atoms with Gasteiger partial charge in [-0.15, -0.1) is 0 Å². The fraction of sp³-hybridized carbons (Fsp3) is 0.316. The zero-order valence-corrected chi connectivity index (χ0v) is 14.0. The summed E-state index contributed by atoms with van der Waals surface area (Å²) in [5.41, 5.74) is 1.45. The maximum Gasteiger partial charge on any atom is 0.273 e. The Morgan fingerprint density at radius 2 is 1.84 bits per heavy atom. The highest BCUT2D eigenvalue weighted by Crippen LogP contribution is 2.26. The van der Waals surface area contributed by atoms with Crippen LogP contribution in [0.4, 0.5) is 5.69 Å². The Kier molecular flexibility index (Phi) is 5.09. The van der Waals surface area contributed by atoms with E-state index in [1.54, 1.807) is 23.1 Å². The summed E-state index contributed by atoms with van der Waals surface area (Å²) in [6.45, 7) is 2.87. The third-order valence-corrected chi connectivity index (χ3v) is 4.31. The lowest BCUT2D eigenvalue weighted by Gasteiger charge is -2.37. The summed E-state index contributed by atoms with van der Waals surface area (Å²) >= 11 is 0. The molecule has 1 aliphatic rings. The SMILES string of the molecule is C[C@@H]1CN(C(=O)Cc2ccccc2[N+](=O)[O-])C[C@H](c2ccccc2)O1. The van der Waals surface area contributed by atoms with Crippen LogP contribution in [0.5, 0.6) is 0 Å². The smallest absolute Gasteiger partial charge is 0.273 e. The lowest BCUT2D eigenvalue weighted by molar-refractivity contribution is -0.385. The highest BCUT2D eigenvalue weighted by atomic mass is 16.6. The number of amides is 1. The molecule has 0 unspecified atom stereocenters. The number of morpholine rings is 1. The molecule has 2 aromatic rings. The second-order valence-corrected chi connectivity index (χ2v) is 6.21. The Balaban J connectivity index is 1.75. The molecule has 6 nitrogen and oxygen atoms in total. The van der Waals surface area contributed by atoms with Crippen molar-refractivity contribution in [2.45, 2.75) is 25.6 Å². The molecule has 0 N–H and O–H groups in total. The van der Waals surface area contributed by atoms with Gasteiger partial charge in [0.2, 0.25) is 5.91 Å². The van der Waals surface area contributed by atoms with Gasteiger partial charge in [-0.25, -0.2) is 0 Å². The van der Waals surface area contributed by atoms with Crippen molar-refractivity contribution in [3.8, 4) is 0 Å². The van der Waals surface area contributed by atoms with Gasteiger partial charge < -0.3 is 9.64 Å². The van der Waals surface area contributed by atoms with Gasteiger partial charge >= 0.3 is 0 Å². The molecule has 0 radical (unpaired) electrons. The van der Waals surface area contributed by atoms with Crippen molar-refractivity contribution >= 4 is 11.6 Å². The Bertz CT molecular complexity index is 763. The molecule has 2 aromatic carbocycles. The number of nitrogens with zero attached hydrogens (tertiary/aromatic N) is 2. The second-order valence-electron chi connectivity index (χ2n) is 6.21. The Labute approximate surface area is 146 Å². The molecule has 0 saturated carbocycles. The average molecular weight is 340 g/mol. The van der Waals surface area contributed by atoms with Crippen LogP contribution in [-0.4, -0.2) is 34.9 Å². The van der Waals surface area contributed by atoms with Crippen LogP contribution in [0.3, 0.4) is 0 Å². The zero-order chi connectivity index (χ0) is 17.8. The van der Waals surface area contributed by atoms with Crippen molar-refractivity contribution in [2.75, 3.05) is 13.1 Å². The topological polar surface area (TPSA) is 72.7 Å². The van der Waals surface area contributed by atoms with Crippen molar-refractivity contribution in [3.63, 3.8) is 0 Å². The van der Waals surface area contributed by atoms with Crippen molar-refractivity contribution < 1.29 is 14.5 Å². The van der Waals surface area contributed by atoms with E-state index in [4.69, 9.17) is 4.74 Å². The lowest BCUT2D eigenvalue weighted by atomic mass is 10.0. The predicted molar refractivity (Wildman–Crippen MR) is 93.1 cm³/mol. The maximum atomic E-state index is 12.7. The fourth-order valence-electron chi connectivity index (χ4n) is 3.12. The molecule has 1 heterocycles. The highest BCUT2D eigenvalue weighted by Gasteiger charge is 2.30. The van der Waals surface area contributed by atoms with Crippen LogP contribution in [0.2, 0.25) is 0 Å². The minimum absolute atomic E-state index is 0.0169. The van der Waals surface area contributed by atoms with Gasteiger partial charge in [-0.3, -0.25) is 14.9 Å². The van der Waals surface area contributed by atoms with Gasteiger partial charge in [0.15, 0.2) is 0 Å². The molecular weight excluding hydrogens is 320 g/mol. The van der Waals surface area contributed by atoms with Crippen molar-refractivity contribution in [3.05, 3.63) is 75.8 Å². The standard InChI is InChI=1S/C19H20N2O4/c1-14-12-20(13-18(25-14)15-7-3-2-4-8-15)19(22)11-16-9-5-6-10-17(16)21(23)24/h2-10,14,18H,11-13H2,1H3/t14-,18-/m1/s1. The number of hydrogen-bond donors (Lipinski definition) is 0. The van der Waals surface area contributed by atoms with Gasteiger partial charge in [0.25, 0.3) is 5.69 Å². The van der Waals surface area contributed by atoms with E-state index in [0.717, 1.165) is 5.56 Å². The van der Waals surface area contributed by atoms with E-state index in [1.807, 2.05) is 37.3 Å². The van der Waals surface area contributed by atoms with E-state index < -0.39 is 4.92 Å². The summed E-state index contributed by atoms with van der Waals surface area (Å²) in [6, 6.07) is 16.2. The molecule has 0 spiro atoms. The first-order chi connectivity index (χ1) is 12.0. The van der Waals surface area contributed by atoms with Gasteiger partial charge in [0.05, 0.1) is 24.0 Å². The third kappa shape index (κ3) is 4.03. The molecule has 3 rings (SSSR count). The summed E-state index contributed by atoms with van der Waals surface area (Å²) < 4.78 is 5.96. The molecule has 130 valence electrons. The molecule has 0 aromatic heterocycles. The van der Waals surface area contributed by atoms with Crippen LogP contribution in [-0.2, 0) is 16.0 Å². The van der Waals surface area contributed by atoms with Crippen LogP contribution < -0.4 is 0 Å². The second kappa shape index (κ2) is 7.44. The summed E-state index contributed by atoms with van der Waals surface area (Å²) in [7, 11) is 0. The summed E-state index contributed by atoms with van der Waals surface area (Å²) in [5.74, 6) is -0.120. The van der Waals surface area contributed by atoms with Crippen LogP contribution in [0.15, 0.2) is 54.6 Å². The number of nitro groups is 1. The molecule has 1 saturated heterocycles. The molecule has 6 heteroatoms. The maximum absolute atomic E-state index is 12.7. The first kappa shape index (κ1) is 17.1. The Morgan fingerprint density at radius 3 is 2.56 bits per heavy atom. The van der Waals surface area contributed by atoms with Crippen molar-refractivity contribution in [2.24, 2.45) is 0 Å². The van der Waals surface area contributed by atoms with E-state index in [1.165, 1.54) is 6.07 Å².